The molecular formula is C17H14ClNO. The molecule has 0 bridgehead atoms. The first-order valence-electron chi connectivity index (χ1n) is 6.51. The van der Waals surface area contributed by atoms with Crippen molar-refractivity contribution in [1.82, 2.24) is 4.98 Å². The van der Waals surface area contributed by atoms with Crippen molar-refractivity contribution in [2.24, 2.45) is 0 Å². The Kier molecular flexibility index (Phi) is 3.68. The van der Waals surface area contributed by atoms with Gasteiger partial charge in [-0.1, -0.05) is 54.1 Å². The van der Waals surface area contributed by atoms with Crippen molar-refractivity contribution in [1.29, 1.82) is 0 Å². The fourth-order valence-corrected chi connectivity index (χ4v) is 2.46. The van der Waals surface area contributed by atoms with Gasteiger partial charge in [0.05, 0.1) is 11.2 Å². The van der Waals surface area contributed by atoms with Crippen LogP contribution < -0.4 is 0 Å². The third-order valence-electron chi connectivity index (χ3n) is 3.33. The van der Waals surface area contributed by atoms with Gasteiger partial charge in [0, 0.05) is 16.8 Å². The molecule has 1 atom stereocenters. The summed E-state index contributed by atoms with van der Waals surface area (Å²) in [6.45, 7) is 0. The molecule has 3 heteroatoms. The van der Waals surface area contributed by atoms with E-state index in [4.69, 9.17) is 11.6 Å². The highest BCUT2D eigenvalue weighted by Crippen LogP contribution is 2.23. The van der Waals surface area contributed by atoms with E-state index >= 15 is 0 Å². The molecule has 1 unspecified atom stereocenters. The molecule has 100 valence electrons. The van der Waals surface area contributed by atoms with Crippen LogP contribution in [0, 0.1) is 0 Å². The number of aliphatic hydroxyl groups excluding tert-OH is 1. The first-order valence-corrected chi connectivity index (χ1v) is 6.89. The van der Waals surface area contributed by atoms with Gasteiger partial charge in [0.2, 0.25) is 0 Å². The van der Waals surface area contributed by atoms with Crippen LogP contribution >= 0.6 is 11.6 Å². The van der Waals surface area contributed by atoms with Crippen LogP contribution in [0.1, 0.15) is 17.4 Å². The molecule has 0 amide bonds. The van der Waals surface area contributed by atoms with E-state index in [2.05, 4.69) is 4.98 Å². The van der Waals surface area contributed by atoms with E-state index in [0.29, 0.717) is 17.1 Å². The zero-order valence-electron chi connectivity index (χ0n) is 10.8. The molecular weight excluding hydrogens is 270 g/mol. The Labute approximate surface area is 122 Å². The summed E-state index contributed by atoms with van der Waals surface area (Å²) < 4.78 is 0. The summed E-state index contributed by atoms with van der Waals surface area (Å²) >= 11 is 6.12. The van der Waals surface area contributed by atoms with Gasteiger partial charge < -0.3 is 5.11 Å². The molecule has 3 aromatic rings. The van der Waals surface area contributed by atoms with Gasteiger partial charge in [0.1, 0.15) is 6.10 Å². The van der Waals surface area contributed by atoms with E-state index in [1.807, 2.05) is 60.7 Å². The molecule has 1 N–H and O–H groups in total. The lowest BCUT2D eigenvalue weighted by Gasteiger charge is -2.12. The fraction of sp³-hybridized carbons (Fsp3) is 0.118. The van der Waals surface area contributed by atoms with Crippen LogP contribution in [0.4, 0.5) is 0 Å². The number of nitrogens with zero attached hydrogens (tertiary/aromatic N) is 1. The Hall–Kier alpha value is -1.90. The zero-order valence-corrected chi connectivity index (χ0v) is 11.6. The second-order valence-electron chi connectivity index (χ2n) is 4.74. The summed E-state index contributed by atoms with van der Waals surface area (Å²) in [4.78, 5) is 4.51. The minimum atomic E-state index is -0.653. The lowest BCUT2D eigenvalue weighted by molar-refractivity contribution is 0.174. The topological polar surface area (TPSA) is 33.1 Å². The number of hydrogen-bond donors (Lipinski definition) is 1. The number of pyridine rings is 1. The van der Waals surface area contributed by atoms with Crippen molar-refractivity contribution in [3.05, 3.63) is 76.9 Å². The third-order valence-corrected chi connectivity index (χ3v) is 3.70. The van der Waals surface area contributed by atoms with Crippen LogP contribution in [0.3, 0.4) is 0 Å². The largest absolute Gasteiger partial charge is 0.386 e. The molecule has 3 rings (SSSR count). The second-order valence-corrected chi connectivity index (χ2v) is 5.15. The minimum Gasteiger partial charge on any atom is -0.386 e. The van der Waals surface area contributed by atoms with Crippen LogP contribution in [-0.4, -0.2) is 10.1 Å². The summed E-state index contributed by atoms with van der Waals surface area (Å²) in [5, 5.41) is 12.1. The predicted octanol–water partition coefficient (Wildman–Crippen LogP) is 4.16. The Morgan fingerprint density at radius 1 is 0.950 bits per heavy atom. The summed E-state index contributed by atoms with van der Waals surface area (Å²) in [5.41, 5.74) is 2.49. The van der Waals surface area contributed by atoms with E-state index in [-0.39, 0.29) is 0 Å². The average molecular weight is 284 g/mol. The Balaban J connectivity index is 1.89. The van der Waals surface area contributed by atoms with E-state index in [9.17, 15) is 5.11 Å². The molecule has 20 heavy (non-hydrogen) atoms. The number of rotatable bonds is 3. The maximum atomic E-state index is 10.3. The highest BCUT2D eigenvalue weighted by atomic mass is 35.5. The van der Waals surface area contributed by atoms with Crippen LogP contribution in [0.5, 0.6) is 0 Å². The Morgan fingerprint density at radius 3 is 2.55 bits per heavy atom. The van der Waals surface area contributed by atoms with Crippen molar-refractivity contribution in [3.63, 3.8) is 0 Å². The van der Waals surface area contributed by atoms with Crippen molar-refractivity contribution >= 4 is 22.5 Å². The first kappa shape index (κ1) is 13.1. The van der Waals surface area contributed by atoms with E-state index < -0.39 is 6.10 Å². The van der Waals surface area contributed by atoms with Gasteiger partial charge in [-0.15, -0.1) is 0 Å². The Morgan fingerprint density at radius 2 is 1.70 bits per heavy atom. The SMILES string of the molecule is OC(Cc1ccccc1Cl)c1ccc2ccccc2n1. The maximum Gasteiger partial charge on any atom is 0.100 e. The van der Waals surface area contributed by atoms with Gasteiger partial charge in [-0.2, -0.15) is 0 Å². The smallest absolute Gasteiger partial charge is 0.100 e. The molecule has 0 aliphatic carbocycles. The zero-order chi connectivity index (χ0) is 13.9. The van der Waals surface area contributed by atoms with Gasteiger partial charge in [0.25, 0.3) is 0 Å². The van der Waals surface area contributed by atoms with Gasteiger partial charge >= 0.3 is 0 Å². The van der Waals surface area contributed by atoms with Gasteiger partial charge in [-0.25, -0.2) is 0 Å². The number of benzene rings is 2. The first-order chi connectivity index (χ1) is 9.74. The van der Waals surface area contributed by atoms with Crippen molar-refractivity contribution in [2.75, 3.05) is 0 Å². The van der Waals surface area contributed by atoms with Gasteiger partial charge in [0.15, 0.2) is 0 Å². The van der Waals surface area contributed by atoms with E-state index in [1.54, 1.807) is 0 Å². The number of halogens is 1. The monoisotopic (exact) mass is 283 g/mol. The fourth-order valence-electron chi connectivity index (χ4n) is 2.24. The van der Waals surface area contributed by atoms with Gasteiger partial charge in [-0.3, -0.25) is 4.98 Å². The molecule has 0 saturated heterocycles. The van der Waals surface area contributed by atoms with Crippen molar-refractivity contribution in [2.45, 2.75) is 12.5 Å². The lowest BCUT2D eigenvalue weighted by atomic mass is 10.0. The number of aliphatic hydroxyl groups is 1. The number of aromatic nitrogens is 1. The number of fused-ring (bicyclic) bond motifs is 1. The minimum absolute atomic E-state index is 0.463. The third kappa shape index (κ3) is 2.67. The molecule has 0 radical (unpaired) electrons. The van der Waals surface area contributed by atoms with Gasteiger partial charge in [-0.05, 0) is 23.8 Å². The van der Waals surface area contributed by atoms with Crippen molar-refractivity contribution in [3.8, 4) is 0 Å². The van der Waals surface area contributed by atoms with Crippen LogP contribution in [-0.2, 0) is 6.42 Å². The summed E-state index contributed by atoms with van der Waals surface area (Å²) in [6.07, 6.45) is -0.190. The van der Waals surface area contributed by atoms with Crippen LogP contribution in [0.15, 0.2) is 60.7 Å². The quantitative estimate of drug-likeness (QED) is 0.783. The molecule has 0 saturated carbocycles. The molecule has 0 aliphatic heterocycles. The highest BCUT2D eigenvalue weighted by molar-refractivity contribution is 6.31. The van der Waals surface area contributed by atoms with E-state index in [1.165, 1.54) is 0 Å². The number of hydrogen-bond acceptors (Lipinski definition) is 2. The molecule has 2 aromatic carbocycles. The normalized spacial score (nSPS) is 12.5. The standard InChI is InChI=1S/C17H14ClNO/c18-14-7-3-1-6-13(14)11-17(20)16-10-9-12-5-2-4-8-15(12)19-16/h1-10,17,20H,11H2. The molecule has 0 aliphatic rings. The summed E-state index contributed by atoms with van der Waals surface area (Å²) in [5.74, 6) is 0. The predicted molar refractivity (Wildman–Crippen MR) is 81.9 cm³/mol. The number of para-hydroxylation sites is 1. The molecule has 0 fully saturated rings. The molecule has 0 spiro atoms. The second kappa shape index (κ2) is 5.61. The molecule has 1 heterocycles. The van der Waals surface area contributed by atoms with E-state index in [0.717, 1.165) is 16.5 Å². The Bertz CT molecular complexity index is 742. The summed E-state index contributed by atoms with van der Waals surface area (Å²) in [7, 11) is 0. The van der Waals surface area contributed by atoms with Crippen molar-refractivity contribution < 1.29 is 5.11 Å². The highest BCUT2D eigenvalue weighted by Gasteiger charge is 2.12. The summed E-state index contributed by atoms with van der Waals surface area (Å²) in [6, 6.07) is 19.3. The van der Waals surface area contributed by atoms with Crippen LogP contribution in [0.2, 0.25) is 5.02 Å². The lowest BCUT2D eigenvalue weighted by Crippen LogP contribution is -2.04. The maximum absolute atomic E-state index is 10.3. The van der Waals surface area contributed by atoms with Crippen LogP contribution in [0.25, 0.3) is 10.9 Å². The molecule has 1 aromatic heterocycles. The molecule has 2 nitrogen and oxygen atoms in total. The average Bonchev–Trinajstić information content (AvgIpc) is 2.49.